The predicted molar refractivity (Wildman–Crippen MR) is 89.5 cm³/mol. The van der Waals surface area contributed by atoms with E-state index >= 15 is 0 Å². The molecule has 0 aromatic heterocycles. The molecule has 0 aliphatic carbocycles. The molecule has 21 heavy (non-hydrogen) atoms. The second-order valence-corrected chi connectivity index (χ2v) is 6.15. The standard InChI is InChI=1S/C17H19Cl2NO/c1-12(2)10-20-11-13-7-8-14(18)9-17(13)21-16-6-4-3-5-15(16)19/h3-9,12,20H,10-11H2,1-2H3. The van der Waals surface area contributed by atoms with E-state index in [4.69, 9.17) is 27.9 Å². The Morgan fingerprint density at radius 3 is 2.52 bits per heavy atom. The number of nitrogens with one attached hydrogen (secondary N) is 1. The fourth-order valence-electron chi connectivity index (χ4n) is 1.91. The summed E-state index contributed by atoms with van der Waals surface area (Å²) in [6, 6.07) is 13.1. The first-order valence-corrected chi connectivity index (χ1v) is 7.73. The maximum Gasteiger partial charge on any atom is 0.146 e. The lowest BCUT2D eigenvalue weighted by atomic mass is 10.1. The third-order valence-electron chi connectivity index (χ3n) is 2.95. The Balaban J connectivity index is 2.17. The summed E-state index contributed by atoms with van der Waals surface area (Å²) in [7, 11) is 0. The van der Waals surface area contributed by atoms with Crippen LogP contribution in [-0.2, 0) is 6.54 Å². The van der Waals surface area contributed by atoms with Crippen LogP contribution in [-0.4, -0.2) is 6.54 Å². The first-order chi connectivity index (χ1) is 10.1. The minimum atomic E-state index is 0.582. The Hall–Kier alpha value is -1.22. The number of halogens is 2. The van der Waals surface area contributed by atoms with Gasteiger partial charge in [-0.3, -0.25) is 0 Å². The van der Waals surface area contributed by atoms with Gasteiger partial charge in [0.2, 0.25) is 0 Å². The van der Waals surface area contributed by atoms with Crippen molar-refractivity contribution in [2.75, 3.05) is 6.54 Å². The van der Waals surface area contributed by atoms with E-state index in [1.54, 1.807) is 6.07 Å². The average Bonchev–Trinajstić information content (AvgIpc) is 2.43. The fraction of sp³-hybridized carbons (Fsp3) is 0.294. The summed E-state index contributed by atoms with van der Waals surface area (Å²) in [4.78, 5) is 0. The Labute approximate surface area is 136 Å². The van der Waals surface area contributed by atoms with Gasteiger partial charge in [0.15, 0.2) is 0 Å². The highest BCUT2D eigenvalue weighted by molar-refractivity contribution is 6.32. The van der Waals surface area contributed by atoms with Crippen molar-refractivity contribution in [3.63, 3.8) is 0 Å². The van der Waals surface area contributed by atoms with E-state index in [0.717, 1.165) is 24.4 Å². The van der Waals surface area contributed by atoms with Crippen molar-refractivity contribution >= 4 is 23.2 Å². The van der Waals surface area contributed by atoms with Gasteiger partial charge in [-0.05, 0) is 36.7 Å². The highest BCUT2D eigenvalue weighted by Gasteiger charge is 2.08. The SMILES string of the molecule is CC(C)CNCc1ccc(Cl)cc1Oc1ccccc1Cl. The molecule has 0 aliphatic rings. The van der Waals surface area contributed by atoms with Crippen LogP contribution in [0.4, 0.5) is 0 Å². The molecule has 0 bridgehead atoms. The third-order valence-corrected chi connectivity index (χ3v) is 3.50. The predicted octanol–water partition coefficient (Wildman–Crippen LogP) is 5.53. The van der Waals surface area contributed by atoms with Crippen LogP contribution < -0.4 is 10.1 Å². The molecular formula is C17H19Cl2NO. The molecule has 0 saturated carbocycles. The maximum absolute atomic E-state index is 6.14. The summed E-state index contributed by atoms with van der Waals surface area (Å²) < 4.78 is 5.92. The lowest BCUT2D eigenvalue weighted by Gasteiger charge is -2.14. The molecule has 112 valence electrons. The zero-order chi connectivity index (χ0) is 15.2. The van der Waals surface area contributed by atoms with Gasteiger partial charge in [0.25, 0.3) is 0 Å². The molecule has 0 fully saturated rings. The van der Waals surface area contributed by atoms with Crippen LogP contribution in [0, 0.1) is 5.92 Å². The molecule has 0 heterocycles. The fourth-order valence-corrected chi connectivity index (χ4v) is 2.25. The van der Waals surface area contributed by atoms with Crippen LogP contribution in [0.25, 0.3) is 0 Å². The van der Waals surface area contributed by atoms with E-state index in [9.17, 15) is 0 Å². The summed E-state index contributed by atoms with van der Waals surface area (Å²) in [5.41, 5.74) is 1.06. The lowest BCUT2D eigenvalue weighted by Crippen LogP contribution is -2.19. The number of benzene rings is 2. The first kappa shape index (κ1) is 16.2. The Morgan fingerprint density at radius 1 is 1.05 bits per heavy atom. The Morgan fingerprint density at radius 2 is 1.81 bits per heavy atom. The topological polar surface area (TPSA) is 21.3 Å². The zero-order valence-electron chi connectivity index (χ0n) is 12.2. The number of para-hydroxylation sites is 1. The van der Waals surface area contributed by atoms with Gasteiger partial charge in [-0.2, -0.15) is 0 Å². The van der Waals surface area contributed by atoms with Crippen molar-refractivity contribution in [2.24, 2.45) is 5.92 Å². The van der Waals surface area contributed by atoms with Crippen molar-refractivity contribution in [3.8, 4) is 11.5 Å². The van der Waals surface area contributed by atoms with Gasteiger partial charge < -0.3 is 10.1 Å². The van der Waals surface area contributed by atoms with Crippen molar-refractivity contribution in [1.82, 2.24) is 5.32 Å². The monoisotopic (exact) mass is 323 g/mol. The van der Waals surface area contributed by atoms with Crippen LogP contribution in [0.3, 0.4) is 0 Å². The van der Waals surface area contributed by atoms with Crippen LogP contribution in [0.1, 0.15) is 19.4 Å². The van der Waals surface area contributed by atoms with Crippen molar-refractivity contribution < 1.29 is 4.74 Å². The smallest absolute Gasteiger partial charge is 0.146 e. The third kappa shape index (κ3) is 4.92. The van der Waals surface area contributed by atoms with E-state index in [1.165, 1.54) is 0 Å². The molecule has 4 heteroatoms. The van der Waals surface area contributed by atoms with Crippen molar-refractivity contribution in [1.29, 1.82) is 0 Å². The van der Waals surface area contributed by atoms with Crippen molar-refractivity contribution in [3.05, 3.63) is 58.1 Å². The summed E-state index contributed by atoms with van der Waals surface area (Å²) >= 11 is 12.2. The van der Waals surface area contributed by atoms with E-state index in [2.05, 4.69) is 19.2 Å². The van der Waals surface area contributed by atoms with Gasteiger partial charge in [0.1, 0.15) is 11.5 Å². The Kier molecular flexibility index (Phi) is 5.92. The largest absolute Gasteiger partial charge is 0.455 e. The van der Waals surface area contributed by atoms with Gasteiger partial charge in [-0.25, -0.2) is 0 Å². The molecule has 2 nitrogen and oxygen atoms in total. The molecular weight excluding hydrogens is 305 g/mol. The molecule has 0 spiro atoms. The van der Waals surface area contributed by atoms with E-state index in [1.807, 2.05) is 36.4 Å². The summed E-state index contributed by atoms with van der Waals surface area (Å²) in [5.74, 6) is 1.96. The second-order valence-electron chi connectivity index (χ2n) is 5.31. The zero-order valence-corrected chi connectivity index (χ0v) is 13.7. The van der Waals surface area contributed by atoms with E-state index in [-0.39, 0.29) is 0 Å². The highest BCUT2D eigenvalue weighted by atomic mass is 35.5. The minimum absolute atomic E-state index is 0.582. The number of ether oxygens (including phenoxy) is 1. The molecule has 2 aromatic carbocycles. The first-order valence-electron chi connectivity index (χ1n) is 6.98. The molecule has 2 aromatic rings. The number of hydrogen-bond donors (Lipinski definition) is 1. The van der Waals surface area contributed by atoms with Gasteiger partial charge in [-0.15, -0.1) is 0 Å². The molecule has 0 saturated heterocycles. The molecule has 0 unspecified atom stereocenters. The quantitative estimate of drug-likeness (QED) is 0.754. The molecule has 1 N–H and O–H groups in total. The number of rotatable bonds is 6. The van der Waals surface area contributed by atoms with E-state index in [0.29, 0.717) is 21.7 Å². The average molecular weight is 324 g/mol. The second kappa shape index (κ2) is 7.69. The Bertz CT molecular complexity index is 599. The summed E-state index contributed by atoms with van der Waals surface area (Å²) in [5, 5.41) is 4.63. The van der Waals surface area contributed by atoms with Gasteiger partial charge >= 0.3 is 0 Å². The van der Waals surface area contributed by atoms with Gasteiger partial charge in [0.05, 0.1) is 5.02 Å². The normalized spacial score (nSPS) is 10.9. The van der Waals surface area contributed by atoms with Crippen molar-refractivity contribution in [2.45, 2.75) is 20.4 Å². The van der Waals surface area contributed by atoms with Crippen LogP contribution >= 0.6 is 23.2 Å². The molecule has 0 amide bonds. The molecule has 2 rings (SSSR count). The molecule has 0 aliphatic heterocycles. The highest BCUT2D eigenvalue weighted by Crippen LogP contribution is 2.32. The van der Waals surface area contributed by atoms with Crippen LogP contribution in [0.15, 0.2) is 42.5 Å². The van der Waals surface area contributed by atoms with Gasteiger partial charge in [-0.1, -0.05) is 55.2 Å². The van der Waals surface area contributed by atoms with Crippen LogP contribution in [0.5, 0.6) is 11.5 Å². The summed E-state index contributed by atoms with van der Waals surface area (Å²) in [6.45, 7) is 6.04. The van der Waals surface area contributed by atoms with Crippen LogP contribution in [0.2, 0.25) is 10.0 Å². The van der Waals surface area contributed by atoms with Gasteiger partial charge in [0, 0.05) is 17.1 Å². The minimum Gasteiger partial charge on any atom is -0.455 e. The maximum atomic E-state index is 6.14. The number of hydrogen-bond acceptors (Lipinski definition) is 2. The van der Waals surface area contributed by atoms with E-state index < -0.39 is 0 Å². The lowest BCUT2D eigenvalue weighted by molar-refractivity contribution is 0.469. The summed E-state index contributed by atoms with van der Waals surface area (Å²) in [6.07, 6.45) is 0. The molecule has 0 radical (unpaired) electrons. The molecule has 0 atom stereocenters.